The molecule has 6 nitrogen and oxygen atoms in total. The van der Waals surface area contributed by atoms with Gasteiger partial charge in [0.2, 0.25) is 0 Å². The summed E-state index contributed by atoms with van der Waals surface area (Å²) in [4.78, 5) is 26.9. The number of carbonyl (C=O) groups is 2. The smallest absolute Gasteiger partial charge is 0.317 e. The summed E-state index contributed by atoms with van der Waals surface area (Å²) in [6, 6.07) is 10.2. The van der Waals surface area contributed by atoms with Gasteiger partial charge in [-0.3, -0.25) is 9.69 Å². The van der Waals surface area contributed by atoms with Crippen molar-refractivity contribution in [3.8, 4) is 0 Å². The number of benzene rings is 1. The molecule has 2 N–H and O–H groups in total. The van der Waals surface area contributed by atoms with Gasteiger partial charge in [0.05, 0.1) is 5.92 Å². The maximum absolute atomic E-state index is 12.3. The van der Waals surface area contributed by atoms with Gasteiger partial charge in [-0.1, -0.05) is 51.1 Å². The number of amides is 2. The maximum Gasteiger partial charge on any atom is 0.317 e. The molecule has 2 atom stereocenters. The SMILES string of the molecule is CCN(CC)C(CNC(=O)N(C)CC(C)C(=O)O)Cc1ccccc1. The van der Waals surface area contributed by atoms with Gasteiger partial charge in [0.25, 0.3) is 0 Å². The lowest BCUT2D eigenvalue weighted by molar-refractivity contribution is -0.141. The maximum atomic E-state index is 12.3. The topological polar surface area (TPSA) is 72.9 Å². The van der Waals surface area contributed by atoms with Crippen LogP contribution in [0.1, 0.15) is 26.3 Å². The monoisotopic (exact) mass is 349 g/mol. The van der Waals surface area contributed by atoms with Gasteiger partial charge in [-0.15, -0.1) is 0 Å². The molecule has 0 fully saturated rings. The fourth-order valence-corrected chi connectivity index (χ4v) is 2.87. The summed E-state index contributed by atoms with van der Waals surface area (Å²) in [5.41, 5.74) is 1.24. The molecule has 0 aliphatic carbocycles. The summed E-state index contributed by atoms with van der Waals surface area (Å²) in [6.07, 6.45) is 0.859. The van der Waals surface area contributed by atoms with E-state index in [4.69, 9.17) is 5.11 Å². The summed E-state index contributed by atoms with van der Waals surface area (Å²) in [6.45, 7) is 8.37. The predicted octanol–water partition coefficient (Wildman–Crippen LogP) is 2.30. The van der Waals surface area contributed by atoms with Crippen molar-refractivity contribution in [2.24, 2.45) is 5.92 Å². The van der Waals surface area contributed by atoms with Gasteiger partial charge in [0.1, 0.15) is 0 Å². The van der Waals surface area contributed by atoms with Crippen molar-refractivity contribution in [3.63, 3.8) is 0 Å². The first-order valence-electron chi connectivity index (χ1n) is 8.88. The second-order valence-corrected chi connectivity index (χ2v) is 6.37. The minimum atomic E-state index is -0.898. The van der Waals surface area contributed by atoms with Crippen molar-refractivity contribution in [3.05, 3.63) is 35.9 Å². The molecule has 0 saturated heterocycles. The first-order valence-corrected chi connectivity index (χ1v) is 8.88. The molecule has 0 saturated carbocycles. The Labute approximate surface area is 150 Å². The van der Waals surface area contributed by atoms with Crippen molar-refractivity contribution >= 4 is 12.0 Å². The minimum absolute atomic E-state index is 0.190. The Morgan fingerprint density at radius 1 is 1.16 bits per heavy atom. The number of carboxylic acid groups (broad SMARTS) is 1. The third-order valence-corrected chi connectivity index (χ3v) is 4.45. The van der Waals surface area contributed by atoms with Gasteiger partial charge in [-0.05, 0) is 25.1 Å². The van der Waals surface area contributed by atoms with Crippen molar-refractivity contribution < 1.29 is 14.7 Å². The van der Waals surface area contributed by atoms with Gasteiger partial charge < -0.3 is 15.3 Å². The Morgan fingerprint density at radius 2 is 1.76 bits per heavy atom. The number of hydrogen-bond acceptors (Lipinski definition) is 3. The molecule has 0 aliphatic heterocycles. The summed E-state index contributed by atoms with van der Waals surface area (Å²) in [7, 11) is 1.62. The van der Waals surface area contributed by atoms with Crippen LogP contribution in [0.4, 0.5) is 4.79 Å². The highest BCUT2D eigenvalue weighted by atomic mass is 16.4. The molecular formula is C19H31N3O3. The first kappa shape index (κ1) is 21.0. The third kappa shape index (κ3) is 7.13. The number of hydrogen-bond donors (Lipinski definition) is 2. The van der Waals surface area contributed by atoms with Crippen LogP contribution in [-0.2, 0) is 11.2 Å². The Balaban J connectivity index is 2.65. The Hall–Kier alpha value is -2.08. The molecule has 140 valence electrons. The summed E-state index contributed by atoms with van der Waals surface area (Å²) in [5.74, 6) is -1.48. The molecule has 1 aromatic rings. The summed E-state index contributed by atoms with van der Waals surface area (Å²) < 4.78 is 0. The van der Waals surface area contributed by atoms with E-state index >= 15 is 0 Å². The second kappa shape index (κ2) is 10.7. The van der Waals surface area contributed by atoms with Crippen LogP contribution in [0.5, 0.6) is 0 Å². The van der Waals surface area contributed by atoms with Crippen molar-refractivity contribution in [2.45, 2.75) is 33.2 Å². The highest BCUT2D eigenvalue weighted by Gasteiger charge is 2.20. The van der Waals surface area contributed by atoms with Gasteiger partial charge in [-0.2, -0.15) is 0 Å². The van der Waals surface area contributed by atoms with Crippen LogP contribution in [0.3, 0.4) is 0 Å². The number of carbonyl (C=O) groups excluding carboxylic acids is 1. The second-order valence-electron chi connectivity index (χ2n) is 6.37. The molecule has 0 heterocycles. The molecule has 25 heavy (non-hydrogen) atoms. The molecule has 6 heteroatoms. The van der Waals surface area contributed by atoms with E-state index in [0.29, 0.717) is 6.54 Å². The summed E-state index contributed by atoms with van der Waals surface area (Å²) in [5, 5.41) is 11.9. The van der Waals surface area contributed by atoms with Gasteiger partial charge in [-0.25, -0.2) is 4.79 Å². The van der Waals surface area contributed by atoms with Crippen LogP contribution in [0.25, 0.3) is 0 Å². The lowest BCUT2D eigenvalue weighted by atomic mass is 10.0. The first-order chi connectivity index (χ1) is 11.9. The van der Waals surface area contributed by atoms with E-state index in [9.17, 15) is 9.59 Å². The Morgan fingerprint density at radius 3 is 2.28 bits per heavy atom. The third-order valence-electron chi connectivity index (χ3n) is 4.45. The minimum Gasteiger partial charge on any atom is -0.481 e. The predicted molar refractivity (Wildman–Crippen MR) is 99.7 cm³/mol. The van der Waals surface area contributed by atoms with E-state index in [-0.39, 0.29) is 18.6 Å². The molecule has 1 aromatic carbocycles. The number of rotatable bonds is 10. The van der Waals surface area contributed by atoms with E-state index in [1.54, 1.807) is 14.0 Å². The van der Waals surface area contributed by atoms with Crippen LogP contribution < -0.4 is 5.32 Å². The highest BCUT2D eigenvalue weighted by molar-refractivity contribution is 5.75. The number of urea groups is 1. The van der Waals surface area contributed by atoms with Crippen LogP contribution in [-0.4, -0.2) is 66.2 Å². The van der Waals surface area contributed by atoms with Gasteiger partial charge >= 0.3 is 12.0 Å². The van der Waals surface area contributed by atoms with E-state index in [1.165, 1.54) is 10.5 Å². The quantitative estimate of drug-likeness (QED) is 0.680. The van der Waals surface area contributed by atoms with Crippen molar-refractivity contribution in [2.75, 3.05) is 33.2 Å². The average molecular weight is 349 g/mol. The number of nitrogens with one attached hydrogen (secondary N) is 1. The molecule has 1 rings (SSSR count). The number of likely N-dealkylation sites (N-methyl/N-ethyl adjacent to an activating group) is 1. The van der Waals surface area contributed by atoms with E-state index in [2.05, 4.69) is 36.2 Å². The molecule has 0 spiro atoms. The number of carboxylic acids is 1. The van der Waals surface area contributed by atoms with Crippen LogP contribution >= 0.6 is 0 Å². The molecule has 0 aliphatic rings. The Bertz CT molecular complexity index is 532. The molecule has 0 bridgehead atoms. The zero-order chi connectivity index (χ0) is 18.8. The molecule has 0 aromatic heterocycles. The zero-order valence-corrected chi connectivity index (χ0v) is 15.7. The largest absolute Gasteiger partial charge is 0.481 e. The fraction of sp³-hybridized carbons (Fsp3) is 0.579. The van der Waals surface area contributed by atoms with Crippen molar-refractivity contribution in [1.82, 2.24) is 15.1 Å². The summed E-state index contributed by atoms with van der Waals surface area (Å²) >= 11 is 0. The van der Waals surface area contributed by atoms with E-state index in [1.807, 2.05) is 18.2 Å². The Kier molecular flexibility index (Phi) is 8.99. The van der Waals surface area contributed by atoms with Crippen LogP contribution in [0.15, 0.2) is 30.3 Å². The van der Waals surface area contributed by atoms with Crippen LogP contribution in [0.2, 0.25) is 0 Å². The molecule has 0 radical (unpaired) electrons. The zero-order valence-electron chi connectivity index (χ0n) is 15.7. The molecule has 2 amide bonds. The van der Waals surface area contributed by atoms with Crippen molar-refractivity contribution in [1.29, 1.82) is 0 Å². The van der Waals surface area contributed by atoms with Crippen LogP contribution in [0, 0.1) is 5.92 Å². The number of nitrogens with zero attached hydrogens (tertiary/aromatic N) is 2. The lowest BCUT2D eigenvalue weighted by Crippen LogP contribution is -2.48. The normalized spacial score (nSPS) is 13.3. The van der Waals surface area contributed by atoms with Gasteiger partial charge in [0, 0.05) is 26.2 Å². The van der Waals surface area contributed by atoms with E-state index in [0.717, 1.165) is 19.5 Å². The number of aliphatic carboxylic acids is 1. The van der Waals surface area contributed by atoms with Gasteiger partial charge in [0.15, 0.2) is 0 Å². The molecular weight excluding hydrogens is 318 g/mol. The molecule has 2 unspecified atom stereocenters. The highest BCUT2D eigenvalue weighted by Crippen LogP contribution is 2.09. The fourth-order valence-electron chi connectivity index (χ4n) is 2.87. The lowest BCUT2D eigenvalue weighted by Gasteiger charge is -2.31. The van der Waals surface area contributed by atoms with E-state index < -0.39 is 11.9 Å². The standard InChI is InChI=1S/C19H31N3O3/c1-5-22(6-2)17(12-16-10-8-7-9-11-16)13-20-19(25)21(4)14-15(3)18(23)24/h7-11,15,17H,5-6,12-14H2,1-4H3,(H,20,25)(H,23,24). The average Bonchev–Trinajstić information content (AvgIpc) is 2.60.